The molecule has 0 heterocycles. The summed E-state index contributed by atoms with van der Waals surface area (Å²) in [4.78, 5) is 9.51. The van der Waals surface area contributed by atoms with Gasteiger partial charge in [-0.1, -0.05) is 60.7 Å². The van der Waals surface area contributed by atoms with E-state index < -0.39 is 16.6 Å². The van der Waals surface area contributed by atoms with E-state index >= 15 is 0 Å². The third-order valence-electron chi connectivity index (χ3n) is 4.80. The Bertz CT molecular complexity index is 785. The normalized spacial score (nSPS) is 16.9. The van der Waals surface area contributed by atoms with Crippen molar-refractivity contribution in [3.05, 3.63) is 71.8 Å². The van der Waals surface area contributed by atoms with Crippen molar-refractivity contribution in [3.63, 3.8) is 0 Å². The van der Waals surface area contributed by atoms with Crippen molar-refractivity contribution in [2.24, 2.45) is 9.98 Å². The summed E-state index contributed by atoms with van der Waals surface area (Å²) < 4.78 is 13.0. The van der Waals surface area contributed by atoms with Crippen LogP contribution in [0.15, 0.2) is 70.6 Å². The predicted octanol–water partition coefficient (Wildman–Crippen LogP) is 7.09. The summed E-state index contributed by atoms with van der Waals surface area (Å²) in [5.74, 6) is 0. The van der Waals surface area contributed by atoms with Crippen molar-refractivity contribution in [2.75, 3.05) is 0 Å². The highest BCUT2D eigenvalue weighted by atomic mass is 28.4. The summed E-state index contributed by atoms with van der Waals surface area (Å²) in [6.45, 7) is 17.5. The Labute approximate surface area is 197 Å². The molecule has 2 aromatic carbocycles. The number of rotatable bonds is 11. The molecule has 0 aliphatic heterocycles. The Kier molecular flexibility index (Phi) is 9.76. The average Bonchev–Trinajstić information content (AvgIpc) is 2.73. The maximum Gasteiger partial charge on any atom is 0.184 e. The van der Waals surface area contributed by atoms with Crippen LogP contribution in [0.4, 0.5) is 0 Å². The Hall–Kier alpha value is -1.87. The van der Waals surface area contributed by atoms with Gasteiger partial charge in [0.05, 0.1) is 24.3 Å². The second-order valence-corrected chi connectivity index (χ2v) is 19.1. The molecule has 0 bridgehead atoms. The smallest absolute Gasteiger partial charge is 0.184 e. The van der Waals surface area contributed by atoms with E-state index in [0.717, 1.165) is 11.1 Å². The predicted molar refractivity (Wildman–Crippen MR) is 143 cm³/mol. The molecule has 32 heavy (non-hydrogen) atoms. The van der Waals surface area contributed by atoms with Crippen LogP contribution in [0.2, 0.25) is 39.3 Å². The van der Waals surface area contributed by atoms with Crippen LogP contribution in [0.3, 0.4) is 0 Å². The Morgan fingerprint density at radius 2 is 0.906 bits per heavy atom. The van der Waals surface area contributed by atoms with E-state index in [4.69, 9.17) is 18.8 Å². The van der Waals surface area contributed by atoms with Crippen molar-refractivity contribution >= 4 is 29.1 Å². The standard InChI is InChI=1S/C26H40N2O2Si2/c1-21(25(29-31(3,4)5)23-15-11-9-12-16-23)27-19-20-28-22(2)26(30-32(6,7)8)24-17-13-10-14-18-24/h9-22,25-26H,1-8H3/t21-,22-,25-,26-/m0/s1. The second kappa shape index (κ2) is 11.8. The number of hydrogen-bond donors (Lipinski definition) is 0. The van der Waals surface area contributed by atoms with E-state index in [9.17, 15) is 0 Å². The van der Waals surface area contributed by atoms with Crippen LogP contribution < -0.4 is 0 Å². The van der Waals surface area contributed by atoms with Crippen LogP contribution in [-0.4, -0.2) is 41.1 Å². The minimum atomic E-state index is -1.73. The van der Waals surface area contributed by atoms with Gasteiger partial charge in [-0.2, -0.15) is 0 Å². The van der Waals surface area contributed by atoms with Gasteiger partial charge < -0.3 is 8.85 Å². The molecule has 0 radical (unpaired) electrons. The summed E-state index contributed by atoms with van der Waals surface area (Å²) in [5.41, 5.74) is 2.33. The molecule has 4 atom stereocenters. The molecule has 0 fully saturated rings. The van der Waals surface area contributed by atoms with Crippen LogP contribution in [0, 0.1) is 0 Å². The molecule has 174 valence electrons. The van der Waals surface area contributed by atoms with E-state index in [0.29, 0.717) is 0 Å². The first-order valence-corrected chi connectivity index (χ1v) is 18.3. The molecule has 0 amide bonds. The average molecular weight is 469 g/mol. The lowest BCUT2D eigenvalue weighted by molar-refractivity contribution is 0.173. The van der Waals surface area contributed by atoms with E-state index in [1.54, 1.807) is 12.4 Å². The highest BCUT2D eigenvalue weighted by Crippen LogP contribution is 2.28. The fourth-order valence-electron chi connectivity index (χ4n) is 3.44. The van der Waals surface area contributed by atoms with Gasteiger partial charge in [-0.15, -0.1) is 0 Å². The Balaban J connectivity index is 2.12. The number of benzene rings is 2. The van der Waals surface area contributed by atoms with Gasteiger partial charge in [-0.05, 0) is 64.3 Å². The van der Waals surface area contributed by atoms with Crippen molar-refractivity contribution in [1.82, 2.24) is 0 Å². The summed E-state index contributed by atoms with van der Waals surface area (Å²) >= 11 is 0. The van der Waals surface area contributed by atoms with Gasteiger partial charge in [0, 0.05) is 12.4 Å². The first-order chi connectivity index (χ1) is 15.0. The SMILES string of the molecule is C[C@H](N=CC=N[C@@H](C)[C@H](O[Si](C)(C)C)c1ccccc1)[C@H](O[Si](C)(C)C)c1ccccc1. The molecule has 6 heteroatoms. The Morgan fingerprint density at radius 3 is 1.19 bits per heavy atom. The molecule has 0 aliphatic carbocycles. The van der Waals surface area contributed by atoms with E-state index in [1.807, 2.05) is 12.1 Å². The summed E-state index contributed by atoms with van der Waals surface area (Å²) in [5, 5.41) is 0. The number of nitrogens with zero attached hydrogens (tertiary/aromatic N) is 2. The van der Waals surface area contributed by atoms with Gasteiger partial charge in [0.15, 0.2) is 16.6 Å². The van der Waals surface area contributed by atoms with Crippen LogP contribution in [0.5, 0.6) is 0 Å². The van der Waals surface area contributed by atoms with Crippen LogP contribution >= 0.6 is 0 Å². The molecule has 0 saturated carbocycles. The van der Waals surface area contributed by atoms with Crippen molar-refractivity contribution < 1.29 is 8.85 Å². The summed E-state index contributed by atoms with van der Waals surface area (Å²) in [7, 11) is -3.45. The van der Waals surface area contributed by atoms with Crippen molar-refractivity contribution in [2.45, 2.75) is 77.4 Å². The highest BCUT2D eigenvalue weighted by molar-refractivity contribution is 6.70. The molecular weight excluding hydrogens is 428 g/mol. The molecule has 2 aromatic rings. The molecule has 0 aliphatic rings. The third kappa shape index (κ3) is 9.32. The minimum Gasteiger partial charge on any atom is -0.409 e. The van der Waals surface area contributed by atoms with Crippen LogP contribution in [0.1, 0.15) is 37.2 Å². The van der Waals surface area contributed by atoms with Gasteiger partial charge in [0.2, 0.25) is 0 Å². The lowest BCUT2D eigenvalue weighted by Crippen LogP contribution is -2.32. The third-order valence-corrected chi connectivity index (χ3v) is 6.72. The van der Waals surface area contributed by atoms with Crippen molar-refractivity contribution in [1.29, 1.82) is 0 Å². The molecule has 0 unspecified atom stereocenters. The first kappa shape index (κ1) is 26.4. The van der Waals surface area contributed by atoms with Crippen molar-refractivity contribution in [3.8, 4) is 0 Å². The van der Waals surface area contributed by atoms with Gasteiger partial charge in [0.25, 0.3) is 0 Å². The first-order valence-electron chi connectivity index (χ1n) is 11.5. The Morgan fingerprint density at radius 1 is 0.594 bits per heavy atom. The zero-order valence-corrected chi connectivity index (χ0v) is 22.9. The number of hydrogen-bond acceptors (Lipinski definition) is 4. The summed E-state index contributed by atoms with van der Waals surface area (Å²) in [6, 6.07) is 20.7. The molecule has 2 rings (SSSR count). The van der Waals surface area contributed by atoms with E-state index in [-0.39, 0.29) is 24.3 Å². The van der Waals surface area contributed by atoms with Gasteiger partial charge in [0.1, 0.15) is 0 Å². The largest absolute Gasteiger partial charge is 0.409 e. The lowest BCUT2D eigenvalue weighted by Gasteiger charge is -2.29. The van der Waals surface area contributed by atoms with Gasteiger partial charge in [-0.3, -0.25) is 9.98 Å². The van der Waals surface area contributed by atoms with E-state index in [2.05, 4.69) is 102 Å². The highest BCUT2D eigenvalue weighted by Gasteiger charge is 2.27. The zero-order valence-electron chi connectivity index (χ0n) is 20.9. The van der Waals surface area contributed by atoms with Gasteiger partial charge in [-0.25, -0.2) is 0 Å². The van der Waals surface area contributed by atoms with E-state index in [1.165, 1.54) is 0 Å². The molecular formula is C26H40N2O2Si2. The monoisotopic (exact) mass is 468 g/mol. The van der Waals surface area contributed by atoms with Crippen LogP contribution in [-0.2, 0) is 8.85 Å². The van der Waals surface area contributed by atoms with Gasteiger partial charge >= 0.3 is 0 Å². The lowest BCUT2D eigenvalue weighted by atomic mass is 10.0. The zero-order chi connectivity index (χ0) is 23.8. The molecule has 0 aromatic heterocycles. The number of aliphatic imine (C=N–C) groups is 2. The topological polar surface area (TPSA) is 43.2 Å². The maximum absolute atomic E-state index is 6.48. The van der Waals surface area contributed by atoms with Crippen LogP contribution in [0.25, 0.3) is 0 Å². The fraction of sp³-hybridized carbons (Fsp3) is 0.462. The minimum absolute atomic E-state index is 0.00552. The maximum atomic E-state index is 6.48. The molecule has 0 spiro atoms. The molecule has 4 nitrogen and oxygen atoms in total. The molecule has 0 saturated heterocycles. The molecule has 0 N–H and O–H groups in total. The fourth-order valence-corrected chi connectivity index (χ4v) is 5.63. The summed E-state index contributed by atoms with van der Waals surface area (Å²) in [6.07, 6.45) is 3.50. The quantitative estimate of drug-likeness (QED) is 0.261. The second-order valence-electron chi connectivity index (χ2n) is 10.2.